The van der Waals surface area contributed by atoms with Crippen molar-refractivity contribution >= 4 is 29.5 Å². The van der Waals surface area contributed by atoms with E-state index < -0.39 is 22.6 Å². The summed E-state index contributed by atoms with van der Waals surface area (Å²) in [5.74, 6) is -1.63. The summed E-state index contributed by atoms with van der Waals surface area (Å²) in [5, 5.41) is 9.43. The lowest BCUT2D eigenvalue weighted by molar-refractivity contribution is -0.153. The topological polar surface area (TPSA) is 87.1 Å². The maximum Gasteiger partial charge on any atom is 0.311 e. The van der Waals surface area contributed by atoms with Crippen LogP contribution in [0.25, 0.3) is 0 Å². The van der Waals surface area contributed by atoms with Crippen LogP contribution < -0.4 is 0 Å². The summed E-state index contributed by atoms with van der Waals surface area (Å²) >= 11 is 1.64. The highest BCUT2D eigenvalue weighted by atomic mass is 32.2. The minimum absolute atomic E-state index is 0.0329. The minimum Gasteiger partial charge on any atom is -0.461 e. The predicted molar refractivity (Wildman–Crippen MR) is 130 cm³/mol. The van der Waals surface area contributed by atoms with Gasteiger partial charge in [-0.3, -0.25) is 14.4 Å². The van der Waals surface area contributed by atoms with Gasteiger partial charge in [-0.05, 0) is 25.2 Å². The molecule has 1 N–H and O–H groups in total. The van der Waals surface area contributed by atoms with Gasteiger partial charge < -0.3 is 19.6 Å². The van der Waals surface area contributed by atoms with Crippen molar-refractivity contribution < 1.29 is 24.2 Å². The maximum atomic E-state index is 14.0. The Kier molecular flexibility index (Phi) is 8.67. The van der Waals surface area contributed by atoms with Crippen LogP contribution in [0.3, 0.4) is 0 Å². The van der Waals surface area contributed by atoms with Gasteiger partial charge in [-0.2, -0.15) is 0 Å². The third-order valence-corrected chi connectivity index (χ3v) is 9.42. The first-order valence-corrected chi connectivity index (χ1v) is 13.0. The Balaban J connectivity index is 1.99. The first kappa shape index (κ1) is 25.8. The molecule has 3 unspecified atom stereocenters. The monoisotopic (exact) mass is 478 g/mol. The second kappa shape index (κ2) is 11.1. The van der Waals surface area contributed by atoms with E-state index in [2.05, 4.69) is 27.0 Å². The van der Waals surface area contributed by atoms with Crippen molar-refractivity contribution in [1.82, 2.24) is 9.80 Å². The van der Waals surface area contributed by atoms with Crippen molar-refractivity contribution in [2.75, 3.05) is 32.8 Å². The molecule has 2 amide bonds. The molecular formula is C25H38N2O5S. The van der Waals surface area contributed by atoms with Crippen LogP contribution in [0.4, 0.5) is 0 Å². The number of likely N-dealkylation sites (tertiary alicyclic amines) is 1. The summed E-state index contributed by atoms with van der Waals surface area (Å²) in [6, 6.07) is -0.648. The second-order valence-corrected chi connectivity index (χ2v) is 10.9. The lowest BCUT2D eigenvalue weighted by atomic mass is 9.66. The molecule has 2 bridgehead atoms. The van der Waals surface area contributed by atoms with Gasteiger partial charge in [-0.25, -0.2) is 0 Å². The maximum absolute atomic E-state index is 14.0. The van der Waals surface area contributed by atoms with Crippen LogP contribution in [-0.4, -0.2) is 81.6 Å². The Morgan fingerprint density at radius 3 is 2.70 bits per heavy atom. The predicted octanol–water partition coefficient (Wildman–Crippen LogP) is 2.64. The highest BCUT2D eigenvalue weighted by Crippen LogP contribution is 2.68. The molecule has 184 valence electrons. The number of thioether (sulfide) groups is 1. The molecule has 3 saturated heterocycles. The molecule has 7 nitrogen and oxygen atoms in total. The lowest BCUT2D eigenvalue weighted by Crippen LogP contribution is -2.57. The van der Waals surface area contributed by atoms with Gasteiger partial charge in [0.15, 0.2) is 0 Å². The summed E-state index contributed by atoms with van der Waals surface area (Å²) in [5.41, 5.74) is 0. The normalized spacial score (nSPS) is 32.0. The summed E-state index contributed by atoms with van der Waals surface area (Å²) in [4.78, 5) is 44.3. The zero-order chi connectivity index (χ0) is 24.2. The summed E-state index contributed by atoms with van der Waals surface area (Å²) in [6.45, 7) is 13.0. The van der Waals surface area contributed by atoms with Crippen LogP contribution in [0.15, 0.2) is 25.3 Å². The Morgan fingerprint density at radius 1 is 1.30 bits per heavy atom. The molecule has 3 aliphatic heterocycles. The fourth-order valence-corrected chi connectivity index (χ4v) is 8.36. The summed E-state index contributed by atoms with van der Waals surface area (Å²) in [6.07, 6.45) is 7.39. The van der Waals surface area contributed by atoms with Gasteiger partial charge in [-0.1, -0.05) is 45.4 Å². The zero-order valence-corrected chi connectivity index (χ0v) is 20.7. The molecule has 0 aromatic heterocycles. The number of aliphatic hydroxyl groups is 1. The van der Waals surface area contributed by atoms with Gasteiger partial charge in [0, 0.05) is 31.5 Å². The third-order valence-electron chi connectivity index (χ3n) is 7.34. The average Bonchev–Trinajstić information content (AvgIpc) is 3.39. The van der Waals surface area contributed by atoms with E-state index in [-0.39, 0.29) is 42.2 Å². The SMILES string of the molecule is C=CCOC(=O)[C@@H]1[C@H]2C(=O)N(CCCO)C(C(=O)N(CC=C)CCCCC)C23S[C@@H]1CC3C. The van der Waals surface area contributed by atoms with E-state index in [0.29, 0.717) is 26.1 Å². The van der Waals surface area contributed by atoms with Crippen molar-refractivity contribution in [3.05, 3.63) is 25.3 Å². The number of carbonyl (C=O) groups excluding carboxylic acids is 3. The zero-order valence-electron chi connectivity index (χ0n) is 19.9. The summed E-state index contributed by atoms with van der Waals surface area (Å²) in [7, 11) is 0. The molecule has 1 spiro atoms. The molecule has 33 heavy (non-hydrogen) atoms. The Hall–Kier alpha value is -1.80. The molecule has 6 atom stereocenters. The molecule has 0 aliphatic carbocycles. The van der Waals surface area contributed by atoms with Crippen LogP contribution in [0.5, 0.6) is 0 Å². The van der Waals surface area contributed by atoms with Gasteiger partial charge >= 0.3 is 5.97 Å². The molecule has 3 fully saturated rings. The molecule has 3 aliphatic rings. The number of unbranched alkanes of at least 4 members (excludes halogenated alkanes) is 2. The number of aliphatic hydroxyl groups excluding tert-OH is 1. The fraction of sp³-hybridized carbons (Fsp3) is 0.720. The van der Waals surface area contributed by atoms with Gasteiger partial charge in [0.1, 0.15) is 12.6 Å². The molecule has 0 aromatic carbocycles. The number of esters is 1. The average molecular weight is 479 g/mol. The molecule has 0 radical (unpaired) electrons. The van der Waals surface area contributed by atoms with E-state index in [4.69, 9.17) is 4.74 Å². The summed E-state index contributed by atoms with van der Waals surface area (Å²) < 4.78 is 4.73. The van der Waals surface area contributed by atoms with Crippen molar-refractivity contribution in [2.24, 2.45) is 17.8 Å². The van der Waals surface area contributed by atoms with Crippen LogP contribution in [0.2, 0.25) is 0 Å². The van der Waals surface area contributed by atoms with Crippen LogP contribution >= 0.6 is 11.8 Å². The number of amides is 2. The van der Waals surface area contributed by atoms with E-state index >= 15 is 0 Å². The lowest BCUT2D eigenvalue weighted by Gasteiger charge is -2.40. The van der Waals surface area contributed by atoms with E-state index in [0.717, 1.165) is 25.7 Å². The van der Waals surface area contributed by atoms with Gasteiger partial charge in [0.05, 0.1) is 16.6 Å². The Bertz CT molecular complexity index is 774. The molecule has 8 heteroatoms. The van der Waals surface area contributed by atoms with E-state index in [1.54, 1.807) is 22.7 Å². The number of rotatable bonds is 13. The molecule has 3 rings (SSSR count). The number of hydrogen-bond acceptors (Lipinski definition) is 6. The largest absolute Gasteiger partial charge is 0.461 e. The van der Waals surface area contributed by atoms with Crippen molar-refractivity contribution in [3.63, 3.8) is 0 Å². The van der Waals surface area contributed by atoms with Gasteiger partial charge in [-0.15, -0.1) is 18.3 Å². The highest BCUT2D eigenvalue weighted by molar-refractivity contribution is 8.02. The van der Waals surface area contributed by atoms with E-state index in [1.165, 1.54) is 6.08 Å². The second-order valence-electron chi connectivity index (χ2n) is 9.36. The van der Waals surface area contributed by atoms with Crippen molar-refractivity contribution in [3.8, 4) is 0 Å². The Morgan fingerprint density at radius 2 is 2.06 bits per heavy atom. The number of carbonyl (C=O) groups is 3. The van der Waals surface area contributed by atoms with Crippen LogP contribution in [0.1, 0.15) is 46.0 Å². The first-order valence-electron chi connectivity index (χ1n) is 12.1. The molecule has 0 aromatic rings. The molecule has 3 heterocycles. The Labute approximate surface area is 201 Å². The fourth-order valence-electron chi connectivity index (χ4n) is 5.96. The third kappa shape index (κ3) is 4.48. The van der Waals surface area contributed by atoms with E-state index in [1.807, 2.05) is 4.90 Å². The number of fused-ring (bicyclic) bond motifs is 1. The smallest absolute Gasteiger partial charge is 0.311 e. The van der Waals surface area contributed by atoms with E-state index in [9.17, 15) is 19.5 Å². The van der Waals surface area contributed by atoms with Crippen molar-refractivity contribution in [1.29, 1.82) is 0 Å². The highest BCUT2D eigenvalue weighted by Gasteiger charge is 2.76. The molecule has 0 saturated carbocycles. The quantitative estimate of drug-likeness (QED) is 0.249. The number of nitrogens with zero attached hydrogens (tertiary/aromatic N) is 2. The number of ether oxygens (including phenoxy) is 1. The van der Waals surface area contributed by atoms with Crippen LogP contribution in [-0.2, 0) is 19.1 Å². The van der Waals surface area contributed by atoms with Crippen molar-refractivity contribution in [2.45, 2.75) is 62.0 Å². The number of hydrogen-bond donors (Lipinski definition) is 1. The first-order chi connectivity index (χ1) is 15.9. The standard InChI is InChI=1S/C25H38N2O5S/c1-5-8-9-12-26(11-6-2)23(30)21-25-17(4)16-18(33-25)19(24(31)32-15-7-3)20(25)22(29)27(21)13-10-14-28/h6-7,17-21,28H,2-3,5,8-16H2,1,4H3/t17?,18-,19+,20+,21?,25?/m1/s1. The van der Waals surface area contributed by atoms with Crippen LogP contribution in [0, 0.1) is 17.8 Å². The van der Waals surface area contributed by atoms with Gasteiger partial charge in [0.25, 0.3) is 0 Å². The minimum atomic E-state index is -0.656. The van der Waals surface area contributed by atoms with Gasteiger partial charge in [0.2, 0.25) is 11.8 Å². The molecular weight excluding hydrogens is 440 g/mol.